The number of aromatic nitrogens is 3. The number of carboxylic acid groups (broad SMARTS) is 1. The van der Waals surface area contributed by atoms with Crippen LogP contribution in [0.5, 0.6) is 0 Å². The van der Waals surface area contributed by atoms with Crippen LogP contribution in [0, 0.1) is 0 Å². The molecule has 3 heterocycles. The second kappa shape index (κ2) is 4.75. The Labute approximate surface area is 117 Å². The molecule has 7 heteroatoms. The van der Waals surface area contributed by atoms with Gasteiger partial charge in [0.1, 0.15) is 22.7 Å². The third-order valence-corrected chi connectivity index (χ3v) is 4.03. The Morgan fingerprint density at radius 1 is 1.50 bits per heavy atom. The fourth-order valence-corrected chi connectivity index (χ4v) is 3.24. The van der Waals surface area contributed by atoms with Gasteiger partial charge >= 0.3 is 5.97 Å². The molecule has 3 aromatic rings. The first-order valence-electron chi connectivity index (χ1n) is 6.32. The van der Waals surface area contributed by atoms with Crippen molar-refractivity contribution in [3.8, 4) is 0 Å². The topological polar surface area (TPSA) is 76.6 Å². The maximum absolute atomic E-state index is 12.3. The molecule has 0 bridgehead atoms. The molecule has 0 aliphatic carbocycles. The molecule has 0 atom stereocenters. The largest absolute Gasteiger partial charge is 0.480 e. The molecule has 104 valence electrons. The highest BCUT2D eigenvalue weighted by molar-refractivity contribution is 7.16. The molecule has 0 fully saturated rings. The minimum Gasteiger partial charge on any atom is -0.480 e. The van der Waals surface area contributed by atoms with Crippen molar-refractivity contribution in [2.75, 3.05) is 0 Å². The summed E-state index contributed by atoms with van der Waals surface area (Å²) in [6.07, 6.45) is 1.57. The molecule has 1 N–H and O–H groups in total. The summed E-state index contributed by atoms with van der Waals surface area (Å²) in [6.45, 7) is 1.61. The van der Waals surface area contributed by atoms with E-state index < -0.39 is 12.5 Å². The van der Waals surface area contributed by atoms with Crippen LogP contribution in [-0.2, 0) is 17.8 Å². The van der Waals surface area contributed by atoms with Crippen LogP contribution in [0.15, 0.2) is 22.3 Å². The van der Waals surface area contributed by atoms with Gasteiger partial charge in [0.25, 0.3) is 5.56 Å². The van der Waals surface area contributed by atoms with Crippen LogP contribution < -0.4 is 5.56 Å². The van der Waals surface area contributed by atoms with Crippen LogP contribution in [-0.4, -0.2) is 25.3 Å². The first kappa shape index (κ1) is 12.9. The Morgan fingerprint density at radius 2 is 2.30 bits per heavy atom. The molecule has 0 saturated heterocycles. The molecular formula is C13H13N3O3S. The highest BCUT2D eigenvalue weighted by Gasteiger charge is 2.15. The first-order chi connectivity index (χ1) is 9.61. The first-order valence-corrected chi connectivity index (χ1v) is 7.20. The number of carbonyl (C=O) groups is 1. The van der Waals surface area contributed by atoms with Gasteiger partial charge in [-0.25, -0.2) is 4.68 Å². The smallest absolute Gasteiger partial charge is 0.325 e. The van der Waals surface area contributed by atoms with Crippen LogP contribution in [0.3, 0.4) is 0 Å². The van der Waals surface area contributed by atoms with E-state index in [-0.39, 0.29) is 5.56 Å². The van der Waals surface area contributed by atoms with Gasteiger partial charge in [-0.2, -0.15) is 5.10 Å². The SMILES string of the molecule is CCCc1nn(CC(=O)O)c(=O)c2cc3ccsc3n12. The number of nitrogens with zero attached hydrogens (tertiary/aromatic N) is 3. The molecule has 3 aromatic heterocycles. The second-order valence-electron chi connectivity index (χ2n) is 4.57. The van der Waals surface area contributed by atoms with Gasteiger partial charge in [0.2, 0.25) is 0 Å². The average Bonchev–Trinajstić information content (AvgIpc) is 2.94. The molecular weight excluding hydrogens is 278 g/mol. The number of hydrogen-bond donors (Lipinski definition) is 1. The van der Waals surface area contributed by atoms with Crippen molar-refractivity contribution >= 4 is 33.0 Å². The van der Waals surface area contributed by atoms with E-state index in [0.29, 0.717) is 11.9 Å². The maximum Gasteiger partial charge on any atom is 0.325 e. The minimum absolute atomic E-state index is 0.365. The Kier molecular flexibility index (Phi) is 3.06. The number of aliphatic carboxylic acids is 1. The summed E-state index contributed by atoms with van der Waals surface area (Å²) in [5.41, 5.74) is 0.127. The molecule has 3 rings (SSSR count). The van der Waals surface area contributed by atoms with Crippen LogP contribution >= 0.6 is 11.3 Å². The van der Waals surface area contributed by atoms with Crippen LogP contribution in [0.1, 0.15) is 19.2 Å². The average molecular weight is 291 g/mol. The van der Waals surface area contributed by atoms with Gasteiger partial charge in [-0.1, -0.05) is 6.92 Å². The predicted molar refractivity (Wildman–Crippen MR) is 76.5 cm³/mol. The monoisotopic (exact) mass is 291 g/mol. The Bertz CT molecular complexity index is 859. The second-order valence-corrected chi connectivity index (χ2v) is 5.46. The van der Waals surface area contributed by atoms with Crippen molar-refractivity contribution in [2.45, 2.75) is 26.3 Å². The predicted octanol–water partition coefficient (Wildman–Crippen LogP) is 1.75. The maximum atomic E-state index is 12.3. The van der Waals surface area contributed by atoms with Gasteiger partial charge in [0.05, 0.1) is 0 Å². The summed E-state index contributed by atoms with van der Waals surface area (Å²) in [5.74, 6) is -0.347. The van der Waals surface area contributed by atoms with Gasteiger partial charge < -0.3 is 5.11 Å². The zero-order chi connectivity index (χ0) is 14.3. The number of aryl methyl sites for hydroxylation is 1. The van der Waals surface area contributed by atoms with Crippen molar-refractivity contribution in [2.24, 2.45) is 0 Å². The lowest BCUT2D eigenvalue weighted by Crippen LogP contribution is -2.29. The number of rotatable bonds is 4. The van der Waals surface area contributed by atoms with E-state index in [9.17, 15) is 9.59 Å². The molecule has 0 aliphatic rings. The van der Waals surface area contributed by atoms with Crippen molar-refractivity contribution in [3.05, 3.63) is 33.7 Å². The molecule has 0 amide bonds. The summed E-state index contributed by atoms with van der Waals surface area (Å²) in [7, 11) is 0. The van der Waals surface area contributed by atoms with Gasteiger partial charge in [-0.05, 0) is 23.9 Å². The molecule has 0 aromatic carbocycles. The van der Waals surface area contributed by atoms with Crippen LogP contribution in [0.2, 0.25) is 0 Å². The van der Waals surface area contributed by atoms with E-state index in [1.807, 2.05) is 22.8 Å². The van der Waals surface area contributed by atoms with Crippen molar-refractivity contribution in [3.63, 3.8) is 0 Å². The molecule has 0 radical (unpaired) electrons. The number of thiophene rings is 1. The third-order valence-electron chi connectivity index (χ3n) is 3.12. The van der Waals surface area contributed by atoms with Crippen LogP contribution in [0.4, 0.5) is 0 Å². The lowest BCUT2D eigenvalue weighted by molar-refractivity contribution is -0.138. The minimum atomic E-state index is -1.07. The van der Waals surface area contributed by atoms with E-state index in [2.05, 4.69) is 5.10 Å². The van der Waals surface area contributed by atoms with Crippen molar-refractivity contribution in [1.29, 1.82) is 0 Å². The number of fused-ring (bicyclic) bond motifs is 3. The van der Waals surface area contributed by atoms with E-state index in [0.717, 1.165) is 27.1 Å². The van der Waals surface area contributed by atoms with Gasteiger partial charge in [-0.3, -0.25) is 14.0 Å². The van der Waals surface area contributed by atoms with Gasteiger partial charge in [0, 0.05) is 11.8 Å². The zero-order valence-electron chi connectivity index (χ0n) is 10.9. The van der Waals surface area contributed by atoms with Crippen molar-refractivity contribution < 1.29 is 9.90 Å². The fraction of sp³-hybridized carbons (Fsp3) is 0.308. The highest BCUT2D eigenvalue weighted by Crippen LogP contribution is 2.24. The molecule has 6 nitrogen and oxygen atoms in total. The zero-order valence-corrected chi connectivity index (χ0v) is 11.7. The fourth-order valence-electron chi connectivity index (χ4n) is 2.32. The lowest BCUT2D eigenvalue weighted by atomic mass is 10.3. The van der Waals surface area contributed by atoms with E-state index >= 15 is 0 Å². The molecule has 0 aliphatic heterocycles. The highest BCUT2D eigenvalue weighted by atomic mass is 32.1. The summed E-state index contributed by atoms with van der Waals surface area (Å²) < 4.78 is 2.89. The molecule has 0 saturated carbocycles. The summed E-state index contributed by atoms with van der Waals surface area (Å²) >= 11 is 1.55. The standard InChI is InChI=1S/C13H13N3O3S/c1-2-3-10-14-15(7-11(17)18)12(19)9-6-8-4-5-20-13(8)16(9)10/h4-6H,2-3,7H2,1H3,(H,17,18). The molecule has 0 unspecified atom stereocenters. The summed E-state index contributed by atoms with van der Waals surface area (Å²) in [6, 6.07) is 3.75. The molecule has 20 heavy (non-hydrogen) atoms. The summed E-state index contributed by atoms with van der Waals surface area (Å²) in [5, 5.41) is 16.1. The lowest BCUT2D eigenvalue weighted by Gasteiger charge is -2.08. The Hall–Kier alpha value is -2.15. The number of hydrogen-bond acceptors (Lipinski definition) is 4. The summed E-state index contributed by atoms with van der Waals surface area (Å²) in [4.78, 5) is 24.1. The Morgan fingerprint density at radius 3 is 3.00 bits per heavy atom. The van der Waals surface area contributed by atoms with Gasteiger partial charge in [0.15, 0.2) is 0 Å². The third kappa shape index (κ3) is 1.90. The Balaban J connectivity index is 2.37. The van der Waals surface area contributed by atoms with E-state index in [1.54, 1.807) is 17.4 Å². The number of carboxylic acids is 1. The van der Waals surface area contributed by atoms with E-state index in [1.165, 1.54) is 0 Å². The van der Waals surface area contributed by atoms with E-state index in [4.69, 9.17) is 5.11 Å². The van der Waals surface area contributed by atoms with Gasteiger partial charge in [-0.15, -0.1) is 11.3 Å². The normalized spacial score (nSPS) is 11.4. The quantitative estimate of drug-likeness (QED) is 0.794. The molecule has 0 spiro atoms. The van der Waals surface area contributed by atoms with Crippen molar-refractivity contribution in [1.82, 2.24) is 14.2 Å². The van der Waals surface area contributed by atoms with Crippen LogP contribution in [0.25, 0.3) is 15.7 Å².